The first-order valence-corrected chi connectivity index (χ1v) is 14.3. The van der Waals surface area contributed by atoms with E-state index in [0.717, 1.165) is 9.69 Å². The monoisotopic (exact) mass is 565 g/mol. The molecule has 1 aromatic carbocycles. The van der Waals surface area contributed by atoms with Crippen molar-refractivity contribution in [3.63, 3.8) is 0 Å². The van der Waals surface area contributed by atoms with Gasteiger partial charge in [-0.2, -0.15) is 4.31 Å². The van der Waals surface area contributed by atoms with Gasteiger partial charge in [0.2, 0.25) is 11.8 Å². The van der Waals surface area contributed by atoms with Crippen LogP contribution in [0, 0.1) is 0 Å². The Labute approximate surface area is 230 Å². The number of ether oxygens (including phenoxy) is 1. The summed E-state index contributed by atoms with van der Waals surface area (Å²) in [6.45, 7) is 1.40. The number of amides is 2. The fraction of sp³-hybridized carbons (Fsp3) is 0.333. The van der Waals surface area contributed by atoms with Crippen molar-refractivity contribution in [1.82, 2.24) is 24.5 Å². The van der Waals surface area contributed by atoms with Gasteiger partial charge in [-0.25, -0.2) is 18.2 Å². The second-order valence-electron chi connectivity index (χ2n) is 9.57. The van der Waals surface area contributed by atoms with Gasteiger partial charge in [-0.3, -0.25) is 19.4 Å². The molecule has 1 N–H and O–H groups in total. The highest BCUT2D eigenvalue weighted by Gasteiger charge is 2.55. The van der Waals surface area contributed by atoms with E-state index in [9.17, 15) is 27.6 Å². The number of benzene rings is 1. The van der Waals surface area contributed by atoms with Crippen molar-refractivity contribution in [3.8, 4) is 5.88 Å². The van der Waals surface area contributed by atoms with E-state index in [1.54, 1.807) is 24.3 Å². The first-order chi connectivity index (χ1) is 19.2. The predicted molar refractivity (Wildman–Crippen MR) is 143 cm³/mol. The molecule has 5 rings (SSSR count). The molecule has 13 heteroatoms. The number of pyridine rings is 2. The normalized spacial score (nSPS) is 19.8. The molecular formula is C27H27N5O7S. The molecule has 4 heterocycles. The summed E-state index contributed by atoms with van der Waals surface area (Å²) >= 11 is 0. The van der Waals surface area contributed by atoms with Crippen LogP contribution < -0.4 is 10.1 Å². The number of ketones is 1. The highest BCUT2D eigenvalue weighted by Crippen LogP contribution is 2.33. The van der Waals surface area contributed by atoms with E-state index in [1.807, 2.05) is 25.1 Å². The molecule has 2 saturated heterocycles. The zero-order chi connectivity index (χ0) is 28.4. The lowest BCUT2D eigenvalue weighted by molar-refractivity contribution is -0.138. The minimum absolute atomic E-state index is 0.0597. The number of fused-ring (bicyclic) bond motifs is 2. The molecular weight excluding hydrogens is 538 g/mol. The van der Waals surface area contributed by atoms with Gasteiger partial charge >= 0.3 is 11.2 Å². The number of likely N-dealkylation sites (tertiary alicyclic amines) is 1. The maximum atomic E-state index is 13.5. The Balaban J connectivity index is 1.29. The number of sulfonamides is 1. The maximum Gasteiger partial charge on any atom is 0.414 e. The lowest BCUT2D eigenvalue weighted by Crippen LogP contribution is -2.53. The second-order valence-corrected chi connectivity index (χ2v) is 11.4. The topological polar surface area (TPSA) is 156 Å². The van der Waals surface area contributed by atoms with Crippen molar-refractivity contribution in [2.75, 3.05) is 13.1 Å². The van der Waals surface area contributed by atoms with Gasteiger partial charge in [0, 0.05) is 24.2 Å². The van der Waals surface area contributed by atoms with E-state index in [1.165, 1.54) is 23.2 Å². The average Bonchev–Trinajstić information content (AvgIpc) is 3.54. The third-order valence-corrected chi connectivity index (χ3v) is 8.71. The molecule has 3 unspecified atom stereocenters. The Kier molecular flexibility index (Phi) is 7.59. The van der Waals surface area contributed by atoms with E-state index >= 15 is 0 Å². The van der Waals surface area contributed by atoms with Crippen LogP contribution in [0.1, 0.15) is 36.7 Å². The number of hydrogen-bond acceptors (Lipinski definition) is 9. The van der Waals surface area contributed by atoms with Crippen molar-refractivity contribution < 1.29 is 32.3 Å². The molecule has 0 saturated carbocycles. The second kappa shape index (κ2) is 11.1. The number of rotatable bonds is 7. The van der Waals surface area contributed by atoms with Crippen LogP contribution in [0.2, 0.25) is 0 Å². The fourth-order valence-electron chi connectivity index (χ4n) is 5.18. The lowest BCUT2D eigenvalue weighted by atomic mass is 10.1. The van der Waals surface area contributed by atoms with E-state index in [-0.39, 0.29) is 31.0 Å². The minimum atomic E-state index is -4.55. The van der Waals surface area contributed by atoms with Gasteiger partial charge in [0.1, 0.15) is 17.8 Å². The highest BCUT2D eigenvalue weighted by molar-refractivity contribution is 8.04. The first kappa shape index (κ1) is 27.3. The first-order valence-electron chi connectivity index (χ1n) is 12.8. The molecule has 3 atom stereocenters. The molecule has 12 nitrogen and oxygen atoms in total. The number of hydrogen-bond donors (Lipinski definition) is 1. The van der Waals surface area contributed by atoms with Crippen LogP contribution in [0.25, 0.3) is 10.9 Å². The molecule has 0 spiro atoms. The van der Waals surface area contributed by atoms with E-state index in [4.69, 9.17) is 4.74 Å². The summed E-state index contributed by atoms with van der Waals surface area (Å²) in [4.78, 5) is 61.4. The zero-order valence-corrected chi connectivity index (χ0v) is 22.4. The van der Waals surface area contributed by atoms with Crippen LogP contribution in [-0.2, 0) is 19.6 Å². The van der Waals surface area contributed by atoms with Crippen LogP contribution in [0.3, 0.4) is 0 Å². The Morgan fingerprint density at radius 3 is 2.62 bits per heavy atom. The third kappa shape index (κ3) is 5.17. The summed E-state index contributed by atoms with van der Waals surface area (Å²) in [6, 6.07) is 12.0. The van der Waals surface area contributed by atoms with Crippen molar-refractivity contribution in [2.24, 2.45) is 0 Å². The molecule has 2 fully saturated rings. The molecule has 2 aliphatic heterocycles. The van der Waals surface area contributed by atoms with Gasteiger partial charge in [0.05, 0.1) is 18.1 Å². The number of Topliss-reactive ketones (excluding diaryl/α,β-unsaturated/α-hetero) is 1. The molecule has 2 aliphatic rings. The molecule has 40 heavy (non-hydrogen) atoms. The summed E-state index contributed by atoms with van der Waals surface area (Å²) in [6.07, 6.45) is 1.40. The summed E-state index contributed by atoms with van der Waals surface area (Å²) in [5.74, 6) is -0.961. The summed E-state index contributed by atoms with van der Waals surface area (Å²) in [7, 11) is -4.55. The molecule has 3 aromatic rings. The molecule has 2 aromatic heterocycles. The molecule has 2 amide bonds. The summed E-state index contributed by atoms with van der Waals surface area (Å²) in [5, 5.41) is 2.23. The van der Waals surface area contributed by atoms with Gasteiger partial charge in [0.25, 0.3) is 10.0 Å². The van der Waals surface area contributed by atoms with Crippen LogP contribution in [-0.4, -0.2) is 81.7 Å². The van der Waals surface area contributed by atoms with E-state index in [0.29, 0.717) is 11.9 Å². The quantitative estimate of drug-likeness (QED) is 0.452. The fourth-order valence-corrected chi connectivity index (χ4v) is 6.65. The van der Waals surface area contributed by atoms with E-state index in [2.05, 4.69) is 15.3 Å². The smallest absolute Gasteiger partial charge is 0.391 e. The van der Waals surface area contributed by atoms with Crippen molar-refractivity contribution in [3.05, 3.63) is 66.5 Å². The predicted octanol–water partition coefficient (Wildman–Crippen LogP) is 1.91. The molecule has 0 aliphatic carbocycles. The minimum Gasteiger partial charge on any atom is -0.391 e. The van der Waals surface area contributed by atoms with Gasteiger partial charge in [-0.15, -0.1) is 0 Å². The molecule has 208 valence electrons. The highest BCUT2D eigenvalue weighted by atomic mass is 32.2. The molecule has 0 bridgehead atoms. The van der Waals surface area contributed by atoms with E-state index < -0.39 is 57.6 Å². The largest absolute Gasteiger partial charge is 0.414 e. The standard InChI is InChI=1S/C27H27N5O7S/c1-2-7-19(30-27(36)39-23-12-11-17-8-3-4-9-18(17)29-23)25(34)31-15-13-21-24(31)22(33)16-32(21)40(37,38)26(35)20-10-5-6-14-28-20/h3-6,8-12,14,19,21,24H,2,7,13,15-16H2,1H3,(H,30,36). The van der Waals surface area contributed by atoms with Crippen molar-refractivity contribution in [1.29, 1.82) is 0 Å². The number of para-hydroxylation sites is 1. The Morgan fingerprint density at radius 2 is 1.88 bits per heavy atom. The number of carbonyl (C=O) groups is 4. The number of aromatic nitrogens is 2. The number of nitrogens with one attached hydrogen (secondary N) is 1. The summed E-state index contributed by atoms with van der Waals surface area (Å²) in [5.41, 5.74) is 0.383. The Morgan fingerprint density at radius 1 is 1.10 bits per heavy atom. The SMILES string of the molecule is CCCC(NC(=O)Oc1ccc2ccccc2n1)C(=O)N1CCC2C1C(=O)CN2S(=O)(=O)C(=O)c1ccccn1. The van der Waals surface area contributed by atoms with Crippen molar-refractivity contribution >= 4 is 43.8 Å². The third-order valence-electron chi connectivity index (χ3n) is 7.02. The lowest BCUT2D eigenvalue weighted by Gasteiger charge is -2.27. The zero-order valence-electron chi connectivity index (χ0n) is 21.6. The van der Waals surface area contributed by atoms with Crippen molar-refractivity contribution in [2.45, 2.75) is 44.3 Å². The van der Waals surface area contributed by atoms with Crippen LogP contribution in [0.5, 0.6) is 5.88 Å². The average molecular weight is 566 g/mol. The van der Waals surface area contributed by atoms with Gasteiger partial charge < -0.3 is 15.0 Å². The number of carbonyl (C=O) groups excluding carboxylic acids is 4. The Bertz CT molecular complexity index is 1580. The summed E-state index contributed by atoms with van der Waals surface area (Å²) < 4.78 is 32.5. The van der Waals surface area contributed by atoms with Gasteiger partial charge in [-0.05, 0) is 37.1 Å². The molecule has 0 radical (unpaired) electrons. The van der Waals surface area contributed by atoms with Gasteiger partial charge in [0.15, 0.2) is 5.78 Å². The van der Waals surface area contributed by atoms with Gasteiger partial charge in [-0.1, -0.05) is 37.6 Å². The number of nitrogens with zero attached hydrogens (tertiary/aromatic N) is 4. The van der Waals surface area contributed by atoms with Crippen LogP contribution >= 0.6 is 0 Å². The van der Waals surface area contributed by atoms with Crippen LogP contribution in [0.15, 0.2) is 60.8 Å². The maximum absolute atomic E-state index is 13.5. The van der Waals surface area contributed by atoms with Crippen LogP contribution in [0.4, 0.5) is 4.79 Å². The Hall–Kier alpha value is -4.23.